The molecule has 1 aromatic heterocycles. The summed E-state index contributed by atoms with van der Waals surface area (Å²) in [6.45, 7) is 5.90. The van der Waals surface area contributed by atoms with Crippen molar-refractivity contribution in [1.82, 2.24) is 15.2 Å². The molecule has 2 rings (SSSR count). The highest BCUT2D eigenvalue weighted by atomic mass is 32.1. The number of carbonyl (C=O) groups is 2. The second-order valence-corrected chi connectivity index (χ2v) is 6.86. The highest BCUT2D eigenvalue weighted by Gasteiger charge is 2.27. The van der Waals surface area contributed by atoms with Gasteiger partial charge in [0.15, 0.2) is 0 Å². The van der Waals surface area contributed by atoms with E-state index in [9.17, 15) is 9.59 Å². The first-order valence-electron chi connectivity index (χ1n) is 8.33. The van der Waals surface area contributed by atoms with E-state index in [0.717, 1.165) is 30.7 Å². The Morgan fingerprint density at radius 1 is 1.39 bits per heavy atom. The molecule has 2 amide bonds. The summed E-state index contributed by atoms with van der Waals surface area (Å²) in [5, 5.41) is 5.52. The molecule has 0 bridgehead atoms. The molecule has 7 heteroatoms. The summed E-state index contributed by atoms with van der Waals surface area (Å²) in [6, 6.07) is 0.108. The van der Waals surface area contributed by atoms with Crippen molar-refractivity contribution in [3.63, 3.8) is 0 Å². The third-order valence-electron chi connectivity index (χ3n) is 4.44. The summed E-state index contributed by atoms with van der Waals surface area (Å²) in [4.78, 5) is 30.7. The average Bonchev–Trinajstić information content (AvgIpc) is 3.06. The summed E-state index contributed by atoms with van der Waals surface area (Å²) in [7, 11) is 0. The number of thiazole rings is 1. The quantitative estimate of drug-likeness (QED) is 0.827. The van der Waals surface area contributed by atoms with Crippen LogP contribution in [0, 0.1) is 5.92 Å². The molecule has 23 heavy (non-hydrogen) atoms. The van der Waals surface area contributed by atoms with Crippen LogP contribution in [0.25, 0.3) is 0 Å². The van der Waals surface area contributed by atoms with Crippen molar-refractivity contribution >= 4 is 23.2 Å². The first kappa shape index (κ1) is 17.9. The van der Waals surface area contributed by atoms with Crippen molar-refractivity contribution in [2.75, 3.05) is 13.1 Å². The molecule has 0 aliphatic carbocycles. The molecule has 6 nitrogen and oxygen atoms in total. The van der Waals surface area contributed by atoms with E-state index in [4.69, 9.17) is 5.73 Å². The molecular formula is C16H26N4O2S. The van der Waals surface area contributed by atoms with E-state index in [2.05, 4.69) is 24.1 Å². The predicted molar refractivity (Wildman–Crippen MR) is 91.1 cm³/mol. The van der Waals surface area contributed by atoms with Crippen LogP contribution in [0.4, 0.5) is 0 Å². The van der Waals surface area contributed by atoms with Gasteiger partial charge in [0.2, 0.25) is 5.91 Å². The molecular weight excluding hydrogens is 312 g/mol. The SMILES string of the molecule is CCC(CC)C(=O)N1CCC(NC(=O)c2csc(CN)n2)CC1. The number of amides is 2. The Bertz CT molecular complexity index is 534. The number of hydrogen-bond acceptors (Lipinski definition) is 5. The molecule has 1 fully saturated rings. The van der Waals surface area contributed by atoms with Gasteiger partial charge in [0.05, 0.1) is 0 Å². The van der Waals surface area contributed by atoms with E-state index < -0.39 is 0 Å². The van der Waals surface area contributed by atoms with Gasteiger partial charge in [-0.05, 0) is 25.7 Å². The number of nitrogens with two attached hydrogens (primary N) is 1. The monoisotopic (exact) mass is 338 g/mol. The van der Waals surface area contributed by atoms with Crippen molar-refractivity contribution in [2.24, 2.45) is 11.7 Å². The Hall–Kier alpha value is -1.47. The van der Waals surface area contributed by atoms with Gasteiger partial charge in [-0.1, -0.05) is 13.8 Å². The van der Waals surface area contributed by atoms with Crippen LogP contribution in [0.3, 0.4) is 0 Å². The minimum Gasteiger partial charge on any atom is -0.348 e. The van der Waals surface area contributed by atoms with Crippen molar-refractivity contribution in [1.29, 1.82) is 0 Å². The lowest BCUT2D eigenvalue weighted by atomic mass is 9.98. The zero-order valence-corrected chi connectivity index (χ0v) is 14.7. The van der Waals surface area contributed by atoms with Crippen LogP contribution in [-0.4, -0.2) is 40.8 Å². The Labute approximate surface area is 141 Å². The molecule has 3 N–H and O–H groups in total. The highest BCUT2D eigenvalue weighted by molar-refractivity contribution is 7.09. The number of carbonyl (C=O) groups excluding carboxylic acids is 2. The number of aromatic nitrogens is 1. The van der Waals surface area contributed by atoms with Crippen LogP contribution < -0.4 is 11.1 Å². The number of rotatable bonds is 6. The van der Waals surface area contributed by atoms with E-state index in [-0.39, 0.29) is 23.8 Å². The van der Waals surface area contributed by atoms with Crippen LogP contribution in [0.5, 0.6) is 0 Å². The summed E-state index contributed by atoms with van der Waals surface area (Å²) in [6.07, 6.45) is 3.37. The lowest BCUT2D eigenvalue weighted by Gasteiger charge is -2.34. The Kier molecular flexibility index (Phi) is 6.53. The molecule has 0 aromatic carbocycles. The van der Waals surface area contributed by atoms with Gasteiger partial charge in [-0.15, -0.1) is 11.3 Å². The molecule has 1 aliphatic rings. The lowest BCUT2D eigenvalue weighted by molar-refractivity contribution is -0.136. The van der Waals surface area contributed by atoms with Crippen molar-refractivity contribution in [3.05, 3.63) is 16.1 Å². The number of piperidine rings is 1. The number of nitrogens with zero attached hydrogens (tertiary/aromatic N) is 2. The van der Waals surface area contributed by atoms with Gasteiger partial charge in [0.1, 0.15) is 10.7 Å². The zero-order chi connectivity index (χ0) is 16.8. The van der Waals surface area contributed by atoms with Gasteiger partial charge in [-0.3, -0.25) is 9.59 Å². The maximum absolute atomic E-state index is 12.4. The van der Waals surface area contributed by atoms with Crippen molar-refractivity contribution < 1.29 is 9.59 Å². The molecule has 0 saturated carbocycles. The van der Waals surface area contributed by atoms with Gasteiger partial charge in [-0.25, -0.2) is 4.98 Å². The first-order valence-corrected chi connectivity index (χ1v) is 9.21. The van der Waals surface area contributed by atoms with Gasteiger partial charge in [0.25, 0.3) is 5.91 Å². The molecule has 1 aliphatic heterocycles. The molecule has 1 saturated heterocycles. The fourth-order valence-electron chi connectivity index (χ4n) is 2.91. The van der Waals surface area contributed by atoms with E-state index in [1.807, 2.05) is 4.90 Å². The average molecular weight is 338 g/mol. The molecule has 0 atom stereocenters. The predicted octanol–water partition coefficient (Wildman–Crippen LogP) is 1.76. The topological polar surface area (TPSA) is 88.3 Å². The Morgan fingerprint density at radius 3 is 2.57 bits per heavy atom. The largest absolute Gasteiger partial charge is 0.348 e. The lowest BCUT2D eigenvalue weighted by Crippen LogP contribution is -2.48. The summed E-state index contributed by atoms with van der Waals surface area (Å²) in [5.74, 6) is 0.239. The van der Waals surface area contributed by atoms with Gasteiger partial charge in [-0.2, -0.15) is 0 Å². The molecule has 0 unspecified atom stereocenters. The number of likely N-dealkylation sites (tertiary alicyclic amines) is 1. The van der Waals surface area contributed by atoms with Crippen LogP contribution in [0.15, 0.2) is 5.38 Å². The Balaban J connectivity index is 1.82. The number of hydrogen-bond donors (Lipinski definition) is 2. The maximum Gasteiger partial charge on any atom is 0.270 e. The fraction of sp³-hybridized carbons (Fsp3) is 0.688. The van der Waals surface area contributed by atoms with Gasteiger partial charge < -0.3 is 16.0 Å². The smallest absolute Gasteiger partial charge is 0.270 e. The second kappa shape index (κ2) is 8.40. The van der Waals surface area contributed by atoms with E-state index in [0.29, 0.717) is 25.3 Å². The van der Waals surface area contributed by atoms with Crippen LogP contribution in [0.2, 0.25) is 0 Å². The van der Waals surface area contributed by atoms with Crippen molar-refractivity contribution in [3.8, 4) is 0 Å². The van der Waals surface area contributed by atoms with Crippen LogP contribution in [0.1, 0.15) is 55.0 Å². The van der Waals surface area contributed by atoms with Crippen molar-refractivity contribution in [2.45, 2.75) is 52.1 Å². The second-order valence-electron chi connectivity index (χ2n) is 5.92. The van der Waals surface area contributed by atoms with E-state index in [1.165, 1.54) is 11.3 Å². The van der Waals surface area contributed by atoms with E-state index in [1.54, 1.807) is 5.38 Å². The minimum absolute atomic E-state index is 0.108. The zero-order valence-electron chi connectivity index (χ0n) is 13.9. The third-order valence-corrected chi connectivity index (χ3v) is 5.31. The molecule has 0 radical (unpaired) electrons. The standard InChI is InChI=1S/C16H26N4O2S/c1-3-11(4-2)16(22)20-7-5-12(6-8-20)18-15(21)13-10-23-14(9-17)19-13/h10-12H,3-9,17H2,1-2H3,(H,18,21). The third kappa shape index (κ3) is 4.51. The summed E-state index contributed by atoms with van der Waals surface area (Å²) >= 11 is 1.40. The first-order chi connectivity index (χ1) is 11.1. The molecule has 1 aromatic rings. The molecule has 128 valence electrons. The maximum atomic E-state index is 12.4. The van der Waals surface area contributed by atoms with Crippen LogP contribution in [-0.2, 0) is 11.3 Å². The summed E-state index contributed by atoms with van der Waals surface area (Å²) < 4.78 is 0. The summed E-state index contributed by atoms with van der Waals surface area (Å²) in [5.41, 5.74) is 5.95. The highest BCUT2D eigenvalue weighted by Crippen LogP contribution is 2.18. The van der Waals surface area contributed by atoms with Gasteiger partial charge in [0, 0.05) is 37.0 Å². The molecule has 2 heterocycles. The van der Waals surface area contributed by atoms with Crippen LogP contribution >= 0.6 is 11.3 Å². The normalized spacial score (nSPS) is 15.9. The fourth-order valence-corrected chi connectivity index (χ4v) is 3.56. The Morgan fingerprint density at radius 2 is 2.04 bits per heavy atom. The molecule has 0 spiro atoms. The minimum atomic E-state index is -0.147. The number of nitrogens with one attached hydrogen (secondary N) is 1. The van der Waals surface area contributed by atoms with E-state index >= 15 is 0 Å². The van der Waals surface area contributed by atoms with Gasteiger partial charge >= 0.3 is 0 Å².